The SMILES string of the molecule is C=C(NC)C1CCCCC1.CC.CC. The van der Waals surface area contributed by atoms with Crippen molar-refractivity contribution in [2.24, 2.45) is 5.92 Å². The lowest BCUT2D eigenvalue weighted by molar-refractivity contribution is 0.391. The van der Waals surface area contributed by atoms with Gasteiger partial charge < -0.3 is 5.32 Å². The van der Waals surface area contributed by atoms with Crippen molar-refractivity contribution < 1.29 is 0 Å². The Bertz CT molecular complexity index is 112. The molecule has 0 spiro atoms. The van der Waals surface area contributed by atoms with Gasteiger partial charge in [0.25, 0.3) is 0 Å². The van der Waals surface area contributed by atoms with Gasteiger partial charge in [-0.3, -0.25) is 0 Å². The lowest BCUT2D eigenvalue weighted by Crippen LogP contribution is -2.17. The van der Waals surface area contributed by atoms with Crippen molar-refractivity contribution in [1.82, 2.24) is 5.32 Å². The van der Waals surface area contributed by atoms with E-state index in [0.29, 0.717) is 0 Å². The molecule has 0 bridgehead atoms. The van der Waals surface area contributed by atoms with Gasteiger partial charge in [0.15, 0.2) is 0 Å². The number of hydrogen-bond acceptors (Lipinski definition) is 1. The van der Waals surface area contributed by atoms with Crippen LogP contribution >= 0.6 is 0 Å². The molecule has 0 aromatic carbocycles. The molecule has 0 unspecified atom stereocenters. The smallest absolute Gasteiger partial charge is 0.00625 e. The second-order valence-corrected chi connectivity index (χ2v) is 3.11. The van der Waals surface area contributed by atoms with Gasteiger partial charge in [-0.05, 0) is 18.8 Å². The topological polar surface area (TPSA) is 12.0 Å². The van der Waals surface area contributed by atoms with E-state index < -0.39 is 0 Å². The molecule has 1 saturated carbocycles. The fraction of sp³-hybridized carbons (Fsp3) is 0.846. The Morgan fingerprint density at radius 2 is 1.43 bits per heavy atom. The summed E-state index contributed by atoms with van der Waals surface area (Å²) in [6.07, 6.45) is 6.91. The van der Waals surface area contributed by atoms with E-state index in [1.54, 1.807) is 0 Å². The third-order valence-electron chi connectivity index (χ3n) is 2.42. The number of nitrogens with one attached hydrogen (secondary N) is 1. The predicted molar refractivity (Wildman–Crippen MR) is 67.5 cm³/mol. The zero-order valence-corrected chi connectivity index (χ0v) is 10.8. The monoisotopic (exact) mass is 199 g/mol. The molecule has 0 heterocycles. The zero-order valence-electron chi connectivity index (χ0n) is 10.8. The molecule has 1 rings (SSSR count). The van der Waals surface area contributed by atoms with Crippen LogP contribution < -0.4 is 5.32 Å². The van der Waals surface area contributed by atoms with Crippen molar-refractivity contribution in [3.05, 3.63) is 12.3 Å². The summed E-state index contributed by atoms with van der Waals surface area (Å²) >= 11 is 0. The summed E-state index contributed by atoms with van der Waals surface area (Å²) in [5.41, 5.74) is 1.24. The van der Waals surface area contributed by atoms with Crippen molar-refractivity contribution in [1.29, 1.82) is 0 Å². The van der Waals surface area contributed by atoms with Gasteiger partial charge >= 0.3 is 0 Å². The number of hydrogen-bond donors (Lipinski definition) is 1. The summed E-state index contributed by atoms with van der Waals surface area (Å²) in [5, 5.41) is 3.14. The van der Waals surface area contributed by atoms with Crippen LogP contribution in [-0.2, 0) is 0 Å². The molecular formula is C13H29N. The highest BCUT2D eigenvalue weighted by molar-refractivity contribution is 4.97. The van der Waals surface area contributed by atoms with Gasteiger partial charge in [-0.2, -0.15) is 0 Å². The molecule has 14 heavy (non-hydrogen) atoms. The van der Waals surface area contributed by atoms with Gasteiger partial charge in [0.1, 0.15) is 0 Å². The first-order chi connectivity index (χ1) is 6.84. The van der Waals surface area contributed by atoms with Crippen LogP contribution in [0.5, 0.6) is 0 Å². The summed E-state index contributed by atoms with van der Waals surface area (Å²) in [6.45, 7) is 12.0. The lowest BCUT2D eigenvalue weighted by atomic mass is 9.87. The van der Waals surface area contributed by atoms with Crippen molar-refractivity contribution in [3.8, 4) is 0 Å². The van der Waals surface area contributed by atoms with E-state index in [4.69, 9.17) is 0 Å². The van der Waals surface area contributed by atoms with Gasteiger partial charge in [0, 0.05) is 12.7 Å². The minimum absolute atomic E-state index is 0.763. The summed E-state index contributed by atoms with van der Waals surface area (Å²) in [5.74, 6) is 0.763. The van der Waals surface area contributed by atoms with Crippen LogP contribution in [0, 0.1) is 5.92 Å². The summed E-state index contributed by atoms with van der Waals surface area (Å²) in [6, 6.07) is 0. The average Bonchev–Trinajstić information content (AvgIpc) is 2.34. The molecule has 0 amide bonds. The number of rotatable bonds is 2. The Kier molecular flexibility index (Phi) is 14.3. The minimum atomic E-state index is 0.763. The number of allylic oxidation sites excluding steroid dienone is 1. The standard InChI is InChI=1S/C9H17N.2C2H6/c1-8(10-2)9-6-4-3-5-7-9;2*1-2/h9-10H,1,3-7H2,2H3;2*1-2H3. The fourth-order valence-corrected chi connectivity index (χ4v) is 1.66. The Hall–Kier alpha value is -0.460. The van der Waals surface area contributed by atoms with Crippen LogP contribution in [0.3, 0.4) is 0 Å². The van der Waals surface area contributed by atoms with Crippen molar-refractivity contribution >= 4 is 0 Å². The third kappa shape index (κ3) is 6.99. The van der Waals surface area contributed by atoms with E-state index in [2.05, 4.69) is 11.9 Å². The molecule has 1 aliphatic carbocycles. The largest absolute Gasteiger partial charge is 0.392 e. The molecule has 0 aliphatic heterocycles. The van der Waals surface area contributed by atoms with Crippen LogP contribution in [0.25, 0.3) is 0 Å². The molecule has 1 nitrogen and oxygen atoms in total. The quantitative estimate of drug-likeness (QED) is 0.697. The van der Waals surface area contributed by atoms with E-state index in [0.717, 1.165) is 5.92 Å². The van der Waals surface area contributed by atoms with Gasteiger partial charge in [-0.15, -0.1) is 0 Å². The van der Waals surface area contributed by atoms with Crippen LogP contribution in [0.2, 0.25) is 0 Å². The van der Waals surface area contributed by atoms with Gasteiger partial charge in [-0.25, -0.2) is 0 Å². The van der Waals surface area contributed by atoms with E-state index in [9.17, 15) is 0 Å². The van der Waals surface area contributed by atoms with Gasteiger partial charge in [0.05, 0.1) is 0 Å². The van der Waals surface area contributed by atoms with E-state index in [1.165, 1.54) is 37.8 Å². The summed E-state index contributed by atoms with van der Waals surface area (Å²) in [4.78, 5) is 0. The maximum Gasteiger partial charge on any atom is 0.00625 e. The fourth-order valence-electron chi connectivity index (χ4n) is 1.66. The Balaban J connectivity index is 0. The Morgan fingerprint density at radius 3 is 1.79 bits per heavy atom. The normalized spacial score (nSPS) is 15.5. The van der Waals surface area contributed by atoms with Crippen LogP contribution in [0.4, 0.5) is 0 Å². The predicted octanol–water partition coefficient (Wildman–Crippen LogP) is 4.35. The highest BCUT2D eigenvalue weighted by Gasteiger charge is 2.14. The molecule has 86 valence electrons. The van der Waals surface area contributed by atoms with Crippen LogP contribution in [-0.4, -0.2) is 7.05 Å². The first kappa shape index (κ1) is 16.0. The van der Waals surface area contributed by atoms with E-state index >= 15 is 0 Å². The molecule has 0 aromatic heterocycles. The van der Waals surface area contributed by atoms with Crippen molar-refractivity contribution in [2.45, 2.75) is 59.8 Å². The second kappa shape index (κ2) is 12.5. The molecule has 0 atom stereocenters. The molecule has 0 radical (unpaired) electrons. The van der Waals surface area contributed by atoms with Crippen molar-refractivity contribution in [2.75, 3.05) is 7.05 Å². The highest BCUT2D eigenvalue weighted by Crippen LogP contribution is 2.27. The summed E-state index contributed by atoms with van der Waals surface area (Å²) in [7, 11) is 1.97. The van der Waals surface area contributed by atoms with Crippen molar-refractivity contribution in [3.63, 3.8) is 0 Å². The maximum atomic E-state index is 3.99. The molecular weight excluding hydrogens is 170 g/mol. The first-order valence-corrected chi connectivity index (χ1v) is 6.21. The average molecular weight is 199 g/mol. The zero-order chi connectivity index (χ0) is 11.4. The molecule has 0 aromatic rings. The molecule has 0 saturated heterocycles. The van der Waals surface area contributed by atoms with E-state index in [-0.39, 0.29) is 0 Å². The first-order valence-electron chi connectivity index (χ1n) is 6.21. The summed E-state index contributed by atoms with van der Waals surface area (Å²) < 4.78 is 0. The maximum absolute atomic E-state index is 3.99. The van der Waals surface area contributed by atoms with Gasteiger partial charge in [0.2, 0.25) is 0 Å². The second-order valence-electron chi connectivity index (χ2n) is 3.11. The molecule has 1 N–H and O–H groups in total. The van der Waals surface area contributed by atoms with Gasteiger partial charge in [-0.1, -0.05) is 53.5 Å². The Morgan fingerprint density at radius 1 is 1.00 bits per heavy atom. The molecule has 1 fully saturated rings. The molecule has 1 heteroatoms. The van der Waals surface area contributed by atoms with Crippen LogP contribution in [0.15, 0.2) is 12.3 Å². The highest BCUT2D eigenvalue weighted by atomic mass is 14.8. The molecule has 1 aliphatic rings. The minimum Gasteiger partial charge on any atom is -0.392 e. The van der Waals surface area contributed by atoms with E-state index in [1.807, 2.05) is 34.7 Å². The van der Waals surface area contributed by atoms with Crippen LogP contribution in [0.1, 0.15) is 59.8 Å². The Labute approximate surface area is 91.0 Å². The third-order valence-corrected chi connectivity index (χ3v) is 2.42. The lowest BCUT2D eigenvalue weighted by Gasteiger charge is -2.23.